The molecule has 0 saturated carbocycles. The van der Waals surface area contributed by atoms with Crippen LogP contribution in [0.2, 0.25) is 0 Å². The molecule has 0 bridgehead atoms. The van der Waals surface area contributed by atoms with Gasteiger partial charge in [0.05, 0.1) is 13.1 Å². The smallest absolute Gasteiger partial charge is 0.0972 e. The maximum absolute atomic E-state index is 11.0. The van der Waals surface area contributed by atoms with Crippen LogP contribution in [0.4, 0.5) is 0 Å². The van der Waals surface area contributed by atoms with E-state index in [2.05, 4.69) is 6.92 Å². The zero-order valence-electron chi connectivity index (χ0n) is 7.18. The first-order valence-corrected chi connectivity index (χ1v) is 4.19. The van der Waals surface area contributed by atoms with Gasteiger partial charge < -0.3 is 16.0 Å². The van der Waals surface area contributed by atoms with E-state index < -0.39 is 0 Å². The molecule has 3 heteroatoms. The van der Waals surface area contributed by atoms with E-state index in [-0.39, 0.29) is 0 Å². The third kappa shape index (κ3) is 7.36. The molecule has 11 heavy (non-hydrogen) atoms. The minimum Gasteiger partial charge on any atom is -0.634 e. The zero-order chi connectivity index (χ0) is 8.53. The molecule has 0 aliphatic rings. The third-order valence-electron chi connectivity index (χ3n) is 1.54. The van der Waals surface area contributed by atoms with Crippen molar-refractivity contribution < 1.29 is 5.06 Å². The number of nitrogens with two attached hydrogens (primary N) is 1. The zero-order valence-corrected chi connectivity index (χ0v) is 7.18. The molecule has 0 aliphatic heterocycles. The molecule has 3 nitrogen and oxygen atoms in total. The van der Waals surface area contributed by atoms with Gasteiger partial charge in [0.25, 0.3) is 0 Å². The van der Waals surface area contributed by atoms with Gasteiger partial charge in [-0.1, -0.05) is 13.3 Å². The summed E-state index contributed by atoms with van der Waals surface area (Å²) in [4.78, 5) is 0. The van der Waals surface area contributed by atoms with Crippen LogP contribution in [0, 0.1) is 5.21 Å². The van der Waals surface area contributed by atoms with Crippen LogP contribution in [0.3, 0.4) is 0 Å². The predicted octanol–water partition coefficient (Wildman–Crippen LogP) is 0.0317. The Morgan fingerprint density at radius 3 is 2.73 bits per heavy atom. The van der Waals surface area contributed by atoms with Gasteiger partial charge in [-0.3, -0.25) is 0 Å². The summed E-state index contributed by atoms with van der Waals surface area (Å²) in [6, 6.07) is 0. The minimum atomic E-state index is 0.292. The largest absolute Gasteiger partial charge is 0.634 e. The first kappa shape index (κ1) is 10.5. The van der Waals surface area contributed by atoms with E-state index in [0.29, 0.717) is 18.2 Å². The average molecular weight is 158 g/mol. The van der Waals surface area contributed by atoms with Crippen molar-refractivity contribution in [2.24, 2.45) is 5.73 Å². The van der Waals surface area contributed by atoms with Crippen LogP contribution in [-0.4, -0.2) is 13.1 Å². The summed E-state index contributed by atoms with van der Waals surface area (Å²) in [5, 5.41) is 11.3. The monoisotopic (exact) mass is 158 g/mol. The van der Waals surface area contributed by atoms with Gasteiger partial charge in [0.2, 0.25) is 0 Å². The van der Waals surface area contributed by atoms with Crippen molar-refractivity contribution in [3.05, 3.63) is 17.5 Å². The molecule has 0 aliphatic carbocycles. The Morgan fingerprint density at radius 1 is 1.45 bits per heavy atom. The molecular formula is C8H18N2O. The highest BCUT2D eigenvalue weighted by atomic mass is 16.5. The molecule has 66 valence electrons. The Morgan fingerprint density at radius 2 is 2.18 bits per heavy atom. The van der Waals surface area contributed by atoms with Crippen LogP contribution in [0.1, 0.15) is 26.2 Å². The highest BCUT2D eigenvalue weighted by Crippen LogP contribution is 1.88. The normalized spacial score (nSPS) is 14.0. The fraction of sp³-hybridized carbons (Fsp3) is 0.750. The molecule has 0 rings (SSSR count). The summed E-state index contributed by atoms with van der Waals surface area (Å²) < 4.78 is 0. The first-order chi connectivity index (χ1) is 5.31. The summed E-state index contributed by atoms with van der Waals surface area (Å²) in [6.07, 6.45) is 6.47. The van der Waals surface area contributed by atoms with Crippen LogP contribution in [0.25, 0.3) is 0 Å². The van der Waals surface area contributed by atoms with E-state index in [1.165, 1.54) is 12.6 Å². The highest BCUT2D eigenvalue weighted by Gasteiger charge is 1.92. The third-order valence-corrected chi connectivity index (χ3v) is 1.54. The first-order valence-electron chi connectivity index (χ1n) is 4.19. The second-order valence-corrected chi connectivity index (χ2v) is 2.63. The van der Waals surface area contributed by atoms with Crippen LogP contribution in [0.5, 0.6) is 0 Å². The maximum atomic E-state index is 11.0. The molecule has 0 fully saturated rings. The number of quaternary nitrogens is 1. The summed E-state index contributed by atoms with van der Waals surface area (Å²) in [5.41, 5.74) is 5.10. The van der Waals surface area contributed by atoms with Crippen molar-refractivity contribution in [1.29, 1.82) is 0 Å². The molecule has 0 amide bonds. The van der Waals surface area contributed by atoms with E-state index >= 15 is 0 Å². The van der Waals surface area contributed by atoms with Gasteiger partial charge in [-0.05, 0) is 25.1 Å². The van der Waals surface area contributed by atoms with Crippen molar-refractivity contribution in [3.63, 3.8) is 0 Å². The number of rotatable bonds is 6. The van der Waals surface area contributed by atoms with Gasteiger partial charge in [0.1, 0.15) is 0 Å². The predicted molar refractivity (Wildman–Crippen MR) is 46.9 cm³/mol. The Hall–Kier alpha value is -0.540. The number of nitrogens with one attached hydrogen (secondary N) is 1. The molecule has 0 aromatic rings. The minimum absolute atomic E-state index is 0.292. The maximum Gasteiger partial charge on any atom is 0.0972 e. The summed E-state index contributed by atoms with van der Waals surface area (Å²) in [6.45, 7) is 3.34. The van der Waals surface area contributed by atoms with E-state index in [0.717, 1.165) is 12.8 Å². The fourth-order valence-corrected chi connectivity index (χ4v) is 0.874. The standard InChI is InChI=1S/C8H18N2O/c1-2-3-4-7-10(11)8-5-6-9/h5-6,10H,2-4,7-9H2,1H3. The van der Waals surface area contributed by atoms with Gasteiger partial charge in [0.15, 0.2) is 0 Å². The van der Waals surface area contributed by atoms with Crippen molar-refractivity contribution in [2.45, 2.75) is 26.2 Å². The van der Waals surface area contributed by atoms with Crippen molar-refractivity contribution in [3.8, 4) is 0 Å². The average Bonchev–Trinajstić information content (AvgIpc) is 2.01. The van der Waals surface area contributed by atoms with Gasteiger partial charge in [0, 0.05) is 0 Å². The molecule has 0 aromatic heterocycles. The van der Waals surface area contributed by atoms with Crippen LogP contribution in [0.15, 0.2) is 12.3 Å². The molecule has 0 spiro atoms. The summed E-state index contributed by atoms with van der Waals surface area (Å²) in [5.74, 6) is 0. The van der Waals surface area contributed by atoms with Crippen molar-refractivity contribution in [2.75, 3.05) is 13.1 Å². The number of unbranched alkanes of at least 4 members (excludes halogenated alkanes) is 2. The lowest BCUT2D eigenvalue weighted by atomic mass is 10.2. The van der Waals surface area contributed by atoms with Crippen LogP contribution >= 0.6 is 0 Å². The number of hydrogen-bond acceptors (Lipinski definition) is 2. The lowest BCUT2D eigenvalue weighted by Gasteiger charge is -2.19. The van der Waals surface area contributed by atoms with Crippen LogP contribution < -0.4 is 10.8 Å². The van der Waals surface area contributed by atoms with Crippen LogP contribution in [-0.2, 0) is 0 Å². The lowest BCUT2D eigenvalue weighted by molar-refractivity contribution is -0.841. The Kier molecular flexibility index (Phi) is 7.19. The van der Waals surface area contributed by atoms with Gasteiger partial charge in [-0.15, -0.1) is 0 Å². The lowest BCUT2D eigenvalue weighted by Crippen LogP contribution is -3.06. The molecule has 0 radical (unpaired) electrons. The van der Waals surface area contributed by atoms with E-state index in [9.17, 15) is 5.21 Å². The second-order valence-electron chi connectivity index (χ2n) is 2.63. The molecule has 0 saturated heterocycles. The van der Waals surface area contributed by atoms with E-state index in [1.54, 1.807) is 6.08 Å². The highest BCUT2D eigenvalue weighted by molar-refractivity contribution is 4.73. The summed E-state index contributed by atoms with van der Waals surface area (Å²) >= 11 is 0. The van der Waals surface area contributed by atoms with Gasteiger partial charge in [-0.25, -0.2) is 0 Å². The number of hydroxylamine groups is 2. The quantitative estimate of drug-likeness (QED) is 0.423. The SMILES string of the molecule is CCCCC[NH+]([O-])CC=CN. The van der Waals surface area contributed by atoms with Gasteiger partial charge in [-0.2, -0.15) is 0 Å². The molecule has 0 aromatic carbocycles. The Bertz CT molecular complexity index is 104. The number of hydrogen-bond donors (Lipinski definition) is 2. The molecule has 3 N–H and O–H groups in total. The van der Waals surface area contributed by atoms with Gasteiger partial charge >= 0.3 is 0 Å². The fourth-order valence-electron chi connectivity index (χ4n) is 0.874. The topological polar surface area (TPSA) is 53.5 Å². The Labute approximate surface area is 68.5 Å². The second kappa shape index (κ2) is 7.57. The molecule has 1 atom stereocenters. The molecule has 1 unspecified atom stereocenters. The molecule has 0 heterocycles. The summed E-state index contributed by atoms with van der Waals surface area (Å²) in [7, 11) is 0. The van der Waals surface area contributed by atoms with Crippen molar-refractivity contribution in [1.82, 2.24) is 0 Å². The van der Waals surface area contributed by atoms with Crippen molar-refractivity contribution >= 4 is 0 Å². The Balaban J connectivity index is 3.15. The molecular weight excluding hydrogens is 140 g/mol. The van der Waals surface area contributed by atoms with E-state index in [4.69, 9.17) is 5.73 Å². The van der Waals surface area contributed by atoms with E-state index in [1.807, 2.05) is 0 Å².